The summed E-state index contributed by atoms with van der Waals surface area (Å²) in [6, 6.07) is 17.4. The van der Waals surface area contributed by atoms with E-state index >= 15 is 0 Å². The fraction of sp³-hybridized carbons (Fsp3) is 0.400. The van der Waals surface area contributed by atoms with Crippen LogP contribution in [0.4, 0.5) is 0 Å². The van der Waals surface area contributed by atoms with E-state index < -0.39 is 0 Å². The third kappa shape index (κ3) is 4.90. The molecule has 0 saturated heterocycles. The van der Waals surface area contributed by atoms with Crippen molar-refractivity contribution in [2.45, 2.75) is 51.1 Å². The molecule has 0 spiro atoms. The number of nitrogens with zero attached hydrogens (tertiary/aromatic N) is 3. The lowest BCUT2D eigenvalue weighted by Crippen LogP contribution is -2.32. The van der Waals surface area contributed by atoms with E-state index in [4.69, 9.17) is 9.72 Å². The number of nitrogens with one attached hydrogen (secondary N) is 1. The molecule has 172 valence electrons. The molecule has 0 bridgehead atoms. The second-order valence-electron chi connectivity index (χ2n) is 8.31. The summed E-state index contributed by atoms with van der Waals surface area (Å²) in [5.41, 5.74) is 4.58. The number of hydrogen-bond donors (Lipinski definition) is 1. The molecule has 1 aliphatic rings. The van der Waals surface area contributed by atoms with Crippen molar-refractivity contribution in [3.05, 3.63) is 54.7 Å². The van der Waals surface area contributed by atoms with E-state index in [1.165, 1.54) is 43.4 Å². The molecule has 5 rings (SSSR count). The van der Waals surface area contributed by atoms with E-state index in [0.717, 1.165) is 42.1 Å². The molecule has 2 heterocycles. The van der Waals surface area contributed by atoms with Gasteiger partial charge in [0.25, 0.3) is 0 Å². The second-order valence-corrected chi connectivity index (χ2v) is 8.31. The third-order valence-corrected chi connectivity index (χ3v) is 6.34. The van der Waals surface area contributed by atoms with Crippen LogP contribution in [0.1, 0.15) is 38.5 Å². The van der Waals surface area contributed by atoms with Crippen LogP contribution in [-0.4, -0.2) is 33.6 Å². The zero-order valence-electron chi connectivity index (χ0n) is 18.5. The van der Waals surface area contributed by atoms with Crippen LogP contribution in [0.2, 0.25) is 0 Å². The van der Waals surface area contributed by atoms with Gasteiger partial charge >= 0.3 is 0 Å². The van der Waals surface area contributed by atoms with Crippen LogP contribution in [0.3, 0.4) is 0 Å². The Morgan fingerprint density at radius 1 is 1.00 bits per heavy atom. The average Bonchev–Trinajstić information content (AvgIpc) is 3.34. The van der Waals surface area contributed by atoms with Gasteiger partial charge in [-0.1, -0.05) is 31.4 Å². The Bertz CT molecular complexity index is 1130. The molecule has 0 atom stereocenters. The van der Waals surface area contributed by atoms with Gasteiger partial charge in [-0.3, -0.25) is 4.40 Å². The number of aryl methyl sites for hydroxylation is 1. The maximum absolute atomic E-state index is 5.34. The lowest BCUT2D eigenvalue weighted by atomic mass is 9.95. The first-order valence-electron chi connectivity index (χ1n) is 11.2. The first-order chi connectivity index (χ1) is 14.8. The summed E-state index contributed by atoms with van der Waals surface area (Å²) in [6.07, 6.45) is 10.1. The number of rotatable bonds is 7. The molecule has 32 heavy (non-hydrogen) atoms. The number of para-hydroxylation sites is 2. The van der Waals surface area contributed by atoms with Crippen molar-refractivity contribution in [2.24, 2.45) is 0 Å². The molecule has 1 fully saturated rings. The molecule has 0 amide bonds. The summed E-state index contributed by atoms with van der Waals surface area (Å²) in [5, 5.41) is 3.78. The van der Waals surface area contributed by atoms with Gasteiger partial charge in [0.1, 0.15) is 5.75 Å². The summed E-state index contributed by atoms with van der Waals surface area (Å²) in [7, 11) is 1.71. The Morgan fingerprint density at radius 3 is 2.50 bits per heavy atom. The third-order valence-electron chi connectivity index (χ3n) is 6.34. The number of halogens is 2. The van der Waals surface area contributed by atoms with Crippen molar-refractivity contribution in [3.8, 4) is 17.0 Å². The first kappa shape index (κ1) is 24.4. The summed E-state index contributed by atoms with van der Waals surface area (Å²) >= 11 is 0. The van der Waals surface area contributed by atoms with Crippen LogP contribution >= 0.6 is 24.8 Å². The van der Waals surface area contributed by atoms with Gasteiger partial charge < -0.3 is 14.6 Å². The predicted octanol–water partition coefficient (Wildman–Crippen LogP) is 6.12. The summed E-state index contributed by atoms with van der Waals surface area (Å²) < 4.78 is 9.93. The van der Waals surface area contributed by atoms with Crippen molar-refractivity contribution >= 4 is 41.6 Å². The molecule has 1 aliphatic carbocycles. The van der Waals surface area contributed by atoms with E-state index in [-0.39, 0.29) is 24.8 Å². The van der Waals surface area contributed by atoms with Crippen molar-refractivity contribution in [1.29, 1.82) is 0 Å². The maximum atomic E-state index is 5.34. The number of hydrogen-bond acceptors (Lipinski definition) is 3. The Labute approximate surface area is 202 Å². The van der Waals surface area contributed by atoms with E-state index in [1.54, 1.807) is 7.11 Å². The SMILES string of the molecule is COc1ccc(-c2cn3c4ccccc4nc3n2CCCNC2CCCCC2)cc1.Cl.Cl. The van der Waals surface area contributed by atoms with Gasteiger partial charge in [-0.2, -0.15) is 0 Å². The maximum Gasteiger partial charge on any atom is 0.215 e. The largest absolute Gasteiger partial charge is 0.497 e. The number of methoxy groups -OCH3 is 1. The van der Waals surface area contributed by atoms with E-state index in [0.29, 0.717) is 6.04 Å². The van der Waals surface area contributed by atoms with Gasteiger partial charge in [-0.05, 0) is 62.2 Å². The highest BCUT2D eigenvalue weighted by molar-refractivity contribution is 5.85. The normalized spacial score (nSPS) is 14.3. The zero-order valence-corrected chi connectivity index (χ0v) is 20.1. The van der Waals surface area contributed by atoms with Gasteiger partial charge in [-0.15, -0.1) is 24.8 Å². The molecule has 0 aliphatic heterocycles. The monoisotopic (exact) mass is 474 g/mol. The molecule has 2 aromatic heterocycles. The smallest absolute Gasteiger partial charge is 0.215 e. The molecule has 0 radical (unpaired) electrons. The highest BCUT2D eigenvalue weighted by Crippen LogP contribution is 2.28. The summed E-state index contributed by atoms with van der Waals surface area (Å²) in [5.74, 6) is 1.89. The highest BCUT2D eigenvalue weighted by Gasteiger charge is 2.16. The minimum atomic E-state index is 0. The molecule has 2 aromatic carbocycles. The molecule has 4 aromatic rings. The van der Waals surface area contributed by atoms with Gasteiger partial charge in [-0.25, -0.2) is 4.98 Å². The van der Waals surface area contributed by atoms with E-state index in [2.05, 4.69) is 56.9 Å². The van der Waals surface area contributed by atoms with Crippen LogP contribution in [0.25, 0.3) is 28.1 Å². The molecule has 7 heteroatoms. The lowest BCUT2D eigenvalue weighted by molar-refractivity contribution is 0.369. The van der Waals surface area contributed by atoms with Crippen molar-refractivity contribution in [2.75, 3.05) is 13.7 Å². The molecule has 0 unspecified atom stereocenters. The molecule has 1 N–H and O–H groups in total. The predicted molar refractivity (Wildman–Crippen MR) is 137 cm³/mol. The molecular formula is C25H32Cl2N4O. The number of aromatic nitrogens is 3. The molecular weight excluding hydrogens is 443 g/mol. The standard InChI is InChI=1S/C25H30N4O.2ClH/c1-30-21-14-12-19(13-15-21)24-18-29-23-11-6-5-10-22(23)27-25(29)28(24)17-7-16-26-20-8-3-2-4-9-20;;/h5-6,10-15,18,20,26H,2-4,7-9,16-17H2,1H3;2*1H. The number of benzene rings is 2. The van der Waals surface area contributed by atoms with E-state index in [1.807, 2.05) is 12.1 Å². The van der Waals surface area contributed by atoms with Gasteiger partial charge in [0.05, 0.1) is 23.8 Å². The molecule has 5 nitrogen and oxygen atoms in total. The zero-order chi connectivity index (χ0) is 20.3. The van der Waals surface area contributed by atoms with Crippen LogP contribution in [0.5, 0.6) is 5.75 Å². The first-order valence-corrected chi connectivity index (χ1v) is 11.2. The molecule has 1 saturated carbocycles. The topological polar surface area (TPSA) is 43.5 Å². The van der Waals surface area contributed by atoms with Crippen molar-refractivity contribution in [1.82, 2.24) is 19.3 Å². The van der Waals surface area contributed by atoms with E-state index in [9.17, 15) is 0 Å². The van der Waals surface area contributed by atoms with Crippen molar-refractivity contribution < 1.29 is 4.74 Å². The Morgan fingerprint density at radius 2 is 1.75 bits per heavy atom. The minimum absolute atomic E-state index is 0. The van der Waals surface area contributed by atoms with Crippen LogP contribution in [-0.2, 0) is 6.54 Å². The minimum Gasteiger partial charge on any atom is -0.497 e. The Balaban J connectivity index is 0.00000144. The summed E-state index contributed by atoms with van der Waals surface area (Å²) in [4.78, 5) is 4.94. The van der Waals surface area contributed by atoms with Crippen LogP contribution in [0, 0.1) is 0 Å². The fourth-order valence-corrected chi connectivity index (χ4v) is 4.71. The Kier molecular flexibility index (Phi) is 8.46. The second kappa shape index (κ2) is 11.1. The van der Waals surface area contributed by atoms with Gasteiger partial charge in [0.2, 0.25) is 5.78 Å². The number of fused-ring (bicyclic) bond motifs is 3. The number of imidazole rings is 2. The van der Waals surface area contributed by atoms with Gasteiger partial charge in [0.15, 0.2) is 0 Å². The average molecular weight is 475 g/mol. The lowest BCUT2D eigenvalue weighted by Gasteiger charge is -2.22. The quantitative estimate of drug-likeness (QED) is 0.328. The van der Waals surface area contributed by atoms with Crippen LogP contribution in [0.15, 0.2) is 54.7 Å². The number of ether oxygens (including phenoxy) is 1. The summed E-state index contributed by atoms with van der Waals surface area (Å²) in [6.45, 7) is 2.00. The van der Waals surface area contributed by atoms with Crippen LogP contribution < -0.4 is 10.1 Å². The highest BCUT2D eigenvalue weighted by atomic mass is 35.5. The van der Waals surface area contributed by atoms with Crippen molar-refractivity contribution in [3.63, 3.8) is 0 Å². The van der Waals surface area contributed by atoms with Gasteiger partial charge in [0, 0.05) is 24.3 Å². The Hall–Kier alpha value is -2.21. The fourth-order valence-electron chi connectivity index (χ4n) is 4.71.